The molecule has 0 radical (unpaired) electrons. The first-order valence-electron chi connectivity index (χ1n) is 2.11. The van der Waals surface area contributed by atoms with Gasteiger partial charge in [0.25, 0.3) is 0 Å². The highest BCUT2D eigenvalue weighted by Gasteiger charge is 2.00. The van der Waals surface area contributed by atoms with Crippen molar-refractivity contribution in [2.45, 2.75) is 0 Å². The molecule has 1 aliphatic heterocycles. The highest BCUT2D eigenvalue weighted by molar-refractivity contribution is 6.25. The Bertz CT molecular complexity index is 108. The number of hydrogen-bond acceptors (Lipinski definition) is 3. The molecular weight excluding hydrogens is 92.1 g/mol. The standard InChI is InChI=1S/C4H6N2O/c5-3-4-6-1-2-7-4/h3,5H,1-2H2. The maximum Gasteiger partial charge on any atom is 0.227 e. The Hall–Kier alpha value is -0.860. The average Bonchev–Trinajstić information content (AvgIpc) is 2.14. The summed E-state index contributed by atoms with van der Waals surface area (Å²) in [6, 6.07) is 0. The van der Waals surface area contributed by atoms with Crippen LogP contribution in [-0.4, -0.2) is 25.3 Å². The van der Waals surface area contributed by atoms with Gasteiger partial charge in [0.2, 0.25) is 5.90 Å². The summed E-state index contributed by atoms with van der Waals surface area (Å²) in [5.41, 5.74) is 0. The second-order valence-electron chi connectivity index (χ2n) is 1.21. The van der Waals surface area contributed by atoms with E-state index in [2.05, 4.69) is 4.99 Å². The molecule has 1 heterocycles. The normalized spacial score (nSPS) is 18.0. The molecule has 1 aliphatic rings. The van der Waals surface area contributed by atoms with Crippen LogP contribution in [0.15, 0.2) is 4.99 Å². The molecule has 0 aromatic heterocycles. The van der Waals surface area contributed by atoms with Crippen LogP contribution in [0.1, 0.15) is 0 Å². The molecule has 0 amide bonds. The van der Waals surface area contributed by atoms with E-state index in [9.17, 15) is 0 Å². The van der Waals surface area contributed by atoms with Gasteiger partial charge in [-0.25, -0.2) is 4.99 Å². The quantitative estimate of drug-likeness (QED) is 0.463. The molecular formula is C4H6N2O. The van der Waals surface area contributed by atoms with Crippen LogP contribution in [0.2, 0.25) is 0 Å². The van der Waals surface area contributed by atoms with Crippen molar-refractivity contribution in [3.63, 3.8) is 0 Å². The first-order chi connectivity index (χ1) is 3.43. The summed E-state index contributed by atoms with van der Waals surface area (Å²) in [6.07, 6.45) is 1.12. The van der Waals surface area contributed by atoms with Crippen molar-refractivity contribution in [1.82, 2.24) is 0 Å². The lowest BCUT2D eigenvalue weighted by molar-refractivity contribution is 0.353. The maximum absolute atomic E-state index is 6.62. The third-order valence-electron chi connectivity index (χ3n) is 0.732. The second-order valence-corrected chi connectivity index (χ2v) is 1.21. The summed E-state index contributed by atoms with van der Waals surface area (Å²) < 4.78 is 4.81. The minimum absolute atomic E-state index is 0.458. The summed E-state index contributed by atoms with van der Waals surface area (Å²) in [5, 5.41) is 6.62. The highest BCUT2D eigenvalue weighted by Crippen LogP contribution is 1.88. The Balaban J connectivity index is 2.51. The Morgan fingerprint density at radius 3 is 3.00 bits per heavy atom. The van der Waals surface area contributed by atoms with Crippen molar-refractivity contribution in [3.05, 3.63) is 0 Å². The van der Waals surface area contributed by atoms with E-state index in [0.717, 1.165) is 6.21 Å². The third kappa shape index (κ3) is 0.765. The Morgan fingerprint density at radius 1 is 1.86 bits per heavy atom. The van der Waals surface area contributed by atoms with Crippen LogP contribution in [-0.2, 0) is 4.74 Å². The number of rotatable bonds is 1. The van der Waals surface area contributed by atoms with Gasteiger partial charge in [-0.3, -0.25) is 0 Å². The number of hydrogen-bond donors (Lipinski definition) is 1. The lowest BCUT2D eigenvalue weighted by Crippen LogP contribution is -1.97. The molecule has 0 saturated carbocycles. The molecule has 0 aromatic rings. The van der Waals surface area contributed by atoms with Crippen molar-refractivity contribution < 1.29 is 4.74 Å². The van der Waals surface area contributed by atoms with Gasteiger partial charge in [0, 0.05) is 0 Å². The number of aliphatic imine (C=N–C) groups is 1. The van der Waals surface area contributed by atoms with E-state index in [0.29, 0.717) is 19.0 Å². The lowest BCUT2D eigenvalue weighted by Gasteiger charge is -1.86. The third-order valence-corrected chi connectivity index (χ3v) is 0.732. The van der Waals surface area contributed by atoms with Crippen LogP contribution in [0.4, 0.5) is 0 Å². The summed E-state index contributed by atoms with van der Waals surface area (Å²) >= 11 is 0. The van der Waals surface area contributed by atoms with E-state index >= 15 is 0 Å². The van der Waals surface area contributed by atoms with Crippen molar-refractivity contribution in [2.75, 3.05) is 13.2 Å². The van der Waals surface area contributed by atoms with Crippen LogP contribution in [0.5, 0.6) is 0 Å². The van der Waals surface area contributed by atoms with Gasteiger partial charge >= 0.3 is 0 Å². The molecule has 3 nitrogen and oxygen atoms in total. The van der Waals surface area contributed by atoms with E-state index in [1.54, 1.807) is 0 Å². The highest BCUT2D eigenvalue weighted by atomic mass is 16.5. The number of ether oxygens (including phenoxy) is 1. The molecule has 1 rings (SSSR count). The van der Waals surface area contributed by atoms with Crippen LogP contribution in [0.25, 0.3) is 0 Å². The van der Waals surface area contributed by atoms with Crippen molar-refractivity contribution >= 4 is 12.1 Å². The minimum atomic E-state index is 0.458. The first-order valence-corrected chi connectivity index (χ1v) is 2.11. The van der Waals surface area contributed by atoms with Crippen LogP contribution in [0, 0.1) is 5.41 Å². The van der Waals surface area contributed by atoms with Crippen molar-refractivity contribution in [3.8, 4) is 0 Å². The molecule has 0 atom stereocenters. The summed E-state index contributed by atoms with van der Waals surface area (Å²) in [5.74, 6) is 0.458. The van der Waals surface area contributed by atoms with E-state index in [4.69, 9.17) is 10.1 Å². The second kappa shape index (κ2) is 1.73. The van der Waals surface area contributed by atoms with Gasteiger partial charge in [-0.05, 0) is 0 Å². The summed E-state index contributed by atoms with van der Waals surface area (Å²) in [6.45, 7) is 1.36. The van der Waals surface area contributed by atoms with Gasteiger partial charge < -0.3 is 10.1 Å². The van der Waals surface area contributed by atoms with Gasteiger partial charge in [-0.1, -0.05) is 0 Å². The topological polar surface area (TPSA) is 45.4 Å². The Labute approximate surface area is 41.5 Å². The molecule has 0 unspecified atom stereocenters. The smallest absolute Gasteiger partial charge is 0.227 e. The number of nitrogens with one attached hydrogen (secondary N) is 1. The molecule has 3 heteroatoms. The Morgan fingerprint density at radius 2 is 2.71 bits per heavy atom. The zero-order valence-corrected chi connectivity index (χ0v) is 3.85. The summed E-state index contributed by atoms with van der Waals surface area (Å²) in [4.78, 5) is 3.81. The molecule has 0 saturated heterocycles. The van der Waals surface area contributed by atoms with E-state index < -0.39 is 0 Å². The zero-order chi connectivity index (χ0) is 5.11. The molecule has 0 aromatic carbocycles. The predicted molar refractivity (Wildman–Crippen MR) is 27.0 cm³/mol. The lowest BCUT2D eigenvalue weighted by atomic mass is 10.7. The largest absolute Gasteiger partial charge is 0.475 e. The van der Waals surface area contributed by atoms with Gasteiger partial charge in [-0.15, -0.1) is 0 Å². The van der Waals surface area contributed by atoms with Gasteiger partial charge in [0.15, 0.2) is 0 Å². The average molecular weight is 98.1 g/mol. The van der Waals surface area contributed by atoms with E-state index in [1.807, 2.05) is 0 Å². The van der Waals surface area contributed by atoms with Crippen molar-refractivity contribution in [1.29, 1.82) is 5.41 Å². The minimum Gasteiger partial charge on any atom is -0.475 e. The van der Waals surface area contributed by atoms with E-state index in [1.165, 1.54) is 0 Å². The van der Waals surface area contributed by atoms with Crippen LogP contribution in [0.3, 0.4) is 0 Å². The molecule has 0 fully saturated rings. The zero-order valence-electron chi connectivity index (χ0n) is 3.85. The summed E-state index contributed by atoms with van der Waals surface area (Å²) in [7, 11) is 0. The molecule has 1 N–H and O–H groups in total. The van der Waals surface area contributed by atoms with Gasteiger partial charge in [0.05, 0.1) is 12.8 Å². The molecule has 38 valence electrons. The fourth-order valence-corrected chi connectivity index (χ4v) is 0.439. The molecule has 0 spiro atoms. The molecule has 0 aliphatic carbocycles. The van der Waals surface area contributed by atoms with Gasteiger partial charge in [-0.2, -0.15) is 0 Å². The number of nitrogens with zero attached hydrogens (tertiary/aromatic N) is 1. The predicted octanol–water partition coefficient (Wildman–Crippen LogP) is 0.0647. The van der Waals surface area contributed by atoms with Gasteiger partial charge in [0.1, 0.15) is 6.61 Å². The van der Waals surface area contributed by atoms with Crippen molar-refractivity contribution in [2.24, 2.45) is 4.99 Å². The fourth-order valence-electron chi connectivity index (χ4n) is 0.439. The molecule has 7 heavy (non-hydrogen) atoms. The van der Waals surface area contributed by atoms with E-state index in [-0.39, 0.29) is 0 Å². The monoisotopic (exact) mass is 98.0 g/mol. The first kappa shape index (κ1) is 4.30. The SMILES string of the molecule is N=CC1=NCCO1. The Kier molecular flexibility index (Phi) is 1.06. The maximum atomic E-state index is 6.62. The molecule has 0 bridgehead atoms. The van der Waals surface area contributed by atoms with Crippen LogP contribution >= 0.6 is 0 Å². The fraction of sp³-hybridized carbons (Fsp3) is 0.500. The van der Waals surface area contributed by atoms with Crippen LogP contribution < -0.4 is 0 Å².